The van der Waals surface area contributed by atoms with Crippen LogP contribution in [0.25, 0.3) is 0 Å². The Kier molecular flexibility index (Phi) is 6.14. The van der Waals surface area contributed by atoms with E-state index in [2.05, 4.69) is 12.2 Å². The highest BCUT2D eigenvalue weighted by molar-refractivity contribution is 6.30. The lowest BCUT2D eigenvalue weighted by Crippen LogP contribution is -2.60. The maximum absolute atomic E-state index is 13.6. The van der Waals surface area contributed by atoms with Crippen LogP contribution in [0.4, 0.5) is 0 Å². The second-order valence-electron chi connectivity index (χ2n) is 8.49. The molecule has 2 aromatic carbocycles. The fourth-order valence-electron chi connectivity index (χ4n) is 5.25. The molecular weight excluding hydrogens is 396 g/mol. The molecule has 30 heavy (non-hydrogen) atoms. The molecule has 2 aliphatic rings. The van der Waals surface area contributed by atoms with Crippen molar-refractivity contribution < 1.29 is 9.59 Å². The minimum atomic E-state index is -0.418. The molecule has 1 saturated carbocycles. The Labute approximate surface area is 183 Å². The third kappa shape index (κ3) is 3.74. The molecule has 4 rings (SSSR count). The van der Waals surface area contributed by atoms with Gasteiger partial charge in [-0.25, -0.2) is 0 Å². The summed E-state index contributed by atoms with van der Waals surface area (Å²) < 4.78 is 0. The average molecular weight is 425 g/mol. The van der Waals surface area contributed by atoms with Crippen LogP contribution in [0.1, 0.15) is 72.9 Å². The smallest absolute Gasteiger partial charge is 0.254 e. The van der Waals surface area contributed by atoms with Crippen molar-refractivity contribution in [3.63, 3.8) is 0 Å². The molecule has 2 amide bonds. The number of carbonyl (C=O) groups is 2. The molecule has 4 nitrogen and oxygen atoms in total. The number of halogens is 1. The Hall–Kier alpha value is -2.33. The van der Waals surface area contributed by atoms with Gasteiger partial charge in [-0.2, -0.15) is 0 Å². The van der Waals surface area contributed by atoms with E-state index < -0.39 is 5.54 Å². The zero-order valence-electron chi connectivity index (χ0n) is 17.5. The predicted octanol–water partition coefficient (Wildman–Crippen LogP) is 5.31. The molecule has 2 aromatic rings. The number of rotatable bonds is 6. The summed E-state index contributed by atoms with van der Waals surface area (Å²) in [6, 6.07) is 15.2. The topological polar surface area (TPSA) is 49.4 Å². The number of benzene rings is 2. The lowest BCUT2D eigenvalue weighted by molar-refractivity contribution is -0.126. The first kappa shape index (κ1) is 20.9. The van der Waals surface area contributed by atoms with E-state index in [1.807, 2.05) is 53.4 Å². The fraction of sp³-hybridized carbons (Fsp3) is 0.440. The van der Waals surface area contributed by atoms with Crippen molar-refractivity contribution in [3.05, 3.63) is 70.2 Å². The SMILES string of the molecule is CCCCN1C(=O)c2ccccc2[C@@H](C(=O)NCc2cccc(Cl)c2)C12CCCC2. The van der Waals surface area contributed by atoms with E-state index in [0.717, 1.165) is 49.7 Å². The number of unbranched alkanes of at least 4 members (excludes halogenated alkanes) is 1. The molecule has 1 heterocycles. The van der Waals surface area contributed by atoms with Gasteiger partial charge in [-0.15, -0.1) is 0 Å². The molecule has 1 spiro atoms. The summed E-state index contributed by atoms with van der Waals surface area (Å²) in [6.07, 6.45) is 5.84. The molecule has 1 fully saturated rings. The number of fused-ring (bicyclic) bond motifs is 1. The van der Waals surface area contributed by atoms with E-state index in [1.54, 1.807) is 0 Å². The molecule has 0 bridgehead atoms. The first-order valence-corrected chi connectivity index (χ1v) is 11.4. The molecule has 0 aromatic heterocycles. The van der Waals surface area contributed by atoms with Crippen molar-refractivity contribution in [2.24, 2.45) is 0 Å². The number of nitrogens with zero attached hydrogens (tertiary/aromatic N) is 1. The van der Waals surface area contributed by atoms with E-state index in [-0.39, 0.29) is 17.7 Å². The maximum Gasteiger partial charge on any atom is 0.254 e. The van der Waals surface area contributed by atoms with Gasteiger partial charge in [-0.3, -0.25) is 9.59 Å². The molecule has 5 heteroatoms. The summed E-state index contributed by atoms with van der Waals surface area (Å²) in [4.78, 5) is 29.1. The lowest BCUT2D eigenvalue weighted by Gasteiger charge is -2.50. The molecule has 0 radical (unpaired) electrons. The van der Waals surface area contributed by atoms with Crippen LogP contribution in [-0.2, 0) is 11.3 Å². The third-order valence-corrected chi connectivity index (χ3v) is 6.88. The highest BCUT2D eigenvalue weighted by Gasteiger charge is 2.55. The molecule has 0 saturated heterocycles. The summed E-state index contributed by atoms with van der Waals surface area (Å²) in [5.41, 5.74) is 2.10. The Balaban J connectivity index is 1.70. The van der Waals surface area contributed by atoms with Crippen molar-refractivity contribution in [2.45, 2.75) is 63.5 Å². The summed E-state index contributed by atoms with van der Waals surface area (Å²) in [5, 5.41) is 3.80. The van der Waals surface area contributed by atoms with E-state index >= 15 is 0 Å². The van der Waals surface area contributed by atoms with Gasteiger partial charge in [0, 0.05) is 23.7 Å². The third-order valence-electron chi connectivity index (χ3n) is 6.64. The quantitative estimate of drug-likeness (QED) is 0.683. The lowest BCUT2D eigenvalue weighted by atomic mass is 9.71. The highest BCUT2D eigenvalue weighted by Crippen LogP contribution is 2.50. The van der Waals surface area contributed by atoms with Crippen LogP contribution in [0.5, 0.6) is 0 Å². The van der Waals surface area contributed by atoms with Crippen LogP contribution >= 0.6 is 11.6 Å². The van der Waals surface area contributed by atoms with Crippen LogP contribution in [0.3, 0.4) is 0 Å². The van der Waals surface area contributed by atoms with Gasteiger partial charge >= 0.3 is 0 Å². The van der Waals surface area contributed by atoms with Gasteiger partial charge in [0.25, 0.3) is 5.91 Å². The van der Waals surface area contributed by atoms with Gasteiger partial charge in [0.1, 0.15) is 0 Å². The maximum atomic E-state index is 13.6. The number of hydrogen-bond acceptors (Lipinski definition) is 2. The number of nitrogens with one attached hydrogen (secondary N) is 1. The molecular formula is C25H29ClN2O2. The molecule has 0 unspecified atom stereocenters. The molecule has 158 valence electrons. The van der Waals surface area contributed by atoms with Crippen molar-refractivity contribution in [2.75, 3.05) is 6.54 Å². The van der Waals surface area contributed by atoms with Gasteiger partial charge in [0.15, 0.2) is 0 Å². The summed E-state index contributed by atoms with van der Waals surface area (Å²) in [6.45, 7) is 3.28. The van der Waals surface area contributed by atoms with E-state index in [0.29, 0.717) is 23.7 Å². The summed E-state index contributed by atoms with van der Waals surface area (Å²) >= 11 is 6.10. The zero-order valence-corrected chi connectivity index (χ0v) is 18.3. The summed E-state index contributed by atoms with van der Waals surface area (Å²) in [7, 11) is 0. The largest absolute Gasteiger partial charge is 0.351 e. The Morgan fingerprint density at radius 1 is 1.17 bits per heavy atom. The number of carbonyl (C=O) groups excluding carboxylic acids is 2. The number of hydrogen-bond donors (Lipinski definition) is 1. The first-order chi connectivity index (χ1) is 14.6. The van der Waals surface area contributed by atoms with Crippen molar-refractivity contribution in [1.29, 1.82) is 0 Å². The van der Waals surface area contributed by atoms with Gasteiger partial charge < -0.3 is 10.2 Å². The van der Waals surface area contributed by atoms with Gasteiger partial charge in [0.2, 0.25) is 5.91 Å². The minimum absolute atomic E-state index is 0.00155. The Bertz CT molecular complexity index is 936. The second-order valence-corrected chi connectivity index (χ2v) is 8.93. The van der Waals surface area contributed by atoms with Gasteiger partial charge in [0.05, 0.1) is 11.5 Å². The van der Waals surface area contributed by atoms with Crippen LogP contribution in [0.2, 0.25) is 5.02 Å². The minimum Gasteiger partial charge on any atom is -0.351 e. The molecule has 1 aliphatic carbocycles. The van der Waals surface area contributed by atoms with E-state index in [4.69, 9.17) is 11.6 Å². The van der Waals surface area contributed by atoms with Crippen molar-refractivity contribution in [3.8, 4) is 0 Å². The van der Waals surface area contributed by atoms with Crippen LogP contribution in [0, 0.1) is 0 Å². The Morgan fingerprint density at radius 2 is 1.93 bits per heavy atom. The normalized spacial score (nSPS) is 19.7. The fourth-order valence-corrected chi connectivity index (χ4v) is 5.46. The van der Waals surface area contributed by atoms with Crippen LogP contribution in [0.15, 0.2) is 48.5 Å². The highest BCUT2D eigenvalue weighted by atomic mass is 35.5. The standard InChI is InChI=1S/C25H29ClN2O2/c1-2-3-15-28-24(30)21-12-5-4-11-20(21)22(25(28)13-6-7-14-25)23(29)27-17-18-9-8-10-19(26)16-18/h4-5,8-12,16,22H,2-3,6-7,13-15,17H2,1H3,(H,27,29)/t22-/m0/s1. The molecule has 1 N–H and O–H groups in total. The first-order valence-electron chi connectivity index (χ1n) is 11.0. The number of amides is 2. The monoisotopic (exact) mass is 424 g/mol. The second kappa shape index (κ2) is 8.81. The van der Waals surface area contributed by atoms with Crippen LogP contribution in [-0.4, -0.2) is 28.8 Å². The average Bonchev–Trinajstić information content (AvgIpc) is 3.22. The molecule has 1 aliphatic heterocycles. The predicted molar refractivity (Wildman–Crippen MR) is 120 cm³/mol. The summed E-state index contributed by atoms with van der Waals surface area (Å²) in [5.74, 6) is -0.261. The van der Waals surface area contributed by atoms with Crippen molar-refractivity contribution >= 4 is 23.4 Å². The van der Waals surface area contributed by atoms with Gasteiger partial charge in [-0.05, 0) is 48.6 Å². The molecule has 1 atom stereocenters. The van der Waals surface area contributed by atoms with Crippen molar-refractivity contribution in [1.82, 2.24) is 10.2 Å². The zero-order chi connectivity index (χ0) is 21.1. The van der Waals surface area contributed by atoms with Gasteiger partial charge in [-0.1, -0.05) is 68.1 Å². The Morgan fingerprint density at radius 3 is 2.67 bits per heavy atom. The van der Waals surface area contributed by atoms with Crippen LogP contribution < -0.4 is 5.32 Å². The van der Waals surface area contributed by atoms with E-state index in [1.165, 1.54) is 0 Å². The van der Waals surface area contributed by atoms with E-state index in [9.17, 15) is 9.59 Å².